The van der Waals surface area contributed by atoms with E-state index in [4.69, 9.17) is 9.47 Å². The van der Waals surface area contributed by atoms with Gasteiger partial charge in [0.2, 0.25) is 0 Å². The second-order valence-corrected chi connectivity index (χ2v) is 9.68. The normalized spacial score (nSPS) is 21.0. The Morgan fingerprint density at radius 2 is 1.65 bits per heavy atom. The molecule has 1 aliphatic carbocycles. The number of aryl methyl sites for hydroxylation is 2. The molecule has 2 bridgehead atoms. The van der Waals surface area contributed by atoms with E-state index in [0.717, 1.165) is 6.42 Å². The molecule has 0 radical (unpaired) electrons. The van der Waals surface area contributed by atoms with Crippen molar-refractivity contribution in [2.45, 2.75) is 38.3 Å². The number of rotatable bonds is 3. The van der Waals surface area contributed by atoms with Crippen LogP contribution in [0.15, 0.2) is 72.8 Å². The van der Waals surface area contributed by atoms with Gasteiger partial charge in [0.15, 0.2) is 0 Å². The van der Waals surface area contributed by atoms with Crippen molar-refractivity contribution in [3.8, 4) is 11.1 Å². The number of hydrogen-bond acceptors (Lipinski definition) is 3. The standard InChI is InChI=1S/C30H29NO3/c1-19-11-12-20(2)28(13-19)21-14-22-16-33-17-23(15-21)31(22)30(32)34-18-29-26-9-5-3-7-24(26)25-8-4-6-10-27(25)29/h3-14,22-23,29H,15-18H2,1-2H3. The van der Waals surface area contributed by atoms with Crippen LogP contribution in [0.4, 0.5) is 4.79 Å². The van der Waals surface area contributed by atoms with Gasteiger partial charge in [-0.05, 0) is 59.2 Å². The van der Waals surface area contributed by atoms with E-state index in [1.807, 2.05) is 4.90 Å². The number of amides is 1. The van der Waals surface area contributed by atoms with Crippen LogP contribution in [0.3, 0.4) is 0 Å². The first-order valence-corrected chi connectivity index (χ1v) is 12.1. The highest BCUT2D eigenvalue weighted by Gasteiger charge is 2.40. The monoisotopic (exact) mass is 451 g/mol. The van der Waals surface area contributed by atoms with Gasteiger partial charge in [-0.2, -0.15) is 0 Å². The third-order valence-corrected chi connectivity index (χ3v) is 7.48. The molecule has 0 spiro atoms. The summed E-state index contributed by atoms with van der Waals surface area (Å²) in [6.45, 7) is 5.67. The molecular formula is C30H29NO3. The molecule has 4 heteroatoms. The van der Waals surface area contributed by atoms with E-state index < -0.39 is 0 Å². The van der Waals surface area contributed by atoms with Crippen molar-refractivity contribution < 1.29 is 14.3 Å². The average Bonchev–Trinajstić information content (AvgIpc) is 3.17. The highest BCUT2D eigenvalue weighted by molar-refractivity contribution is 5.79. The van der Waals surface area contributed by atoms with Crippen LogP contribution in [0.1, 0.15) is 40.2 Å². The van der Waals surface area contributed by atoms with Gasteiger partial charge in [-0.1, -0.05) is 78.4 Å². The summed E-state index contributed by atoms with van der Waals surface area (Å²) >= 11 is 0. The second kappa shape index (κ2) is 8.44. The number of morpholine rings is 1. The molecule has 6 rings (SSSR count). The lowest BCUT2D eigenvalue weighted by Crippen LogP contribution is -2.56. The molecule has 172 valence electrons. The van der Waals surface area contributed by atoms with E-state index in [0.29, 0.717) is 19.8 Å². The van der Waals surface area contributed by atoms with Crippen molar-refractivity contribution in [2.24, 2.45) is 0 Å². The molecule has 2 atom stereocenters. The molecule has 4 nitrogen and oxygen atoms in total. The minimum Gasteiger partial charge on any atom is -0.448 e. The SMILES string of the molecule is Cc1ccc(C)c(C2=CC3COCC(C2)N3C(=O)OCC2c3ccccc3-c3ccccc32)c1. The molecule has 3 aromatic carbocycles. The van der Waals surface area contributed by atoms with Crippen LogP contribution in [-0.2, 0) is 9.47 Å². The molecule has 0 N–H and O–H groups in total. The number of benzene rings is 3. The van der Waals surface area contributed by atoms with Crippen LogP contribution in [0.5, 0.6) is 0 Å². The molecule has 0 saturated carbocycles. The first-order chi connectivity index (χ1) is 16.6. The highest BCUT2D eigenvalue weighted by atomic mass is 16.6. The molecule has 34 heavy (non-hydrogen) atoms. The predicted molar refractivity (Wildman–Crippen MR) is 134 cm³/mol. The van der Waals surface area contributed by atoms with Crippen molar-refractivity contribution in [3.05, 3.63) is 101 Å². The van der Waals surface area contributed by atoms with E-state index >= 15 is 0 Å². The topological polar surface area (TPSA) is 38.8 Å². The molecule has 3 aliphatic rings. The summed E-state index contributed by atoms with van der Waals surface area (Å²) in [5, 5.41) is 0. The third kappa shape index (κ3) is 3.54. The second-order valence-electron chi connectivity index (χ2n) is 9.68. The number of nitrogens with zero attached hydrogens (tertiary/aromatic N) is 1. The quantitative estimate of drug-likeness (QED) is 0.482. The van der Waals surface area contributed by atoms with Gasteiger partial charge in [0.25, 0.3) is 0 Å². The first-order valence-electron chi connectivity index (χ1n) is 12.1. The molecule has 2 unspecified atom stereocenters. The van der Waals surface area contributed by atoms with Crippen LogP contribution in [0, 0.1) is 13.8 Å². The number of ether oxygens (including phenoxy) is 2. The van der Waals surface area contributed by atoms with Crippen LogP contribution < -0.4 is 0 Å². The number of hydrogen-bond donors (Lipinski definition) is 0. The van der Waals surface area contributed by atoms with E-state index in [2.05, 4.69) is 86.7 Å². The fourth-order valence-electron chi connectivity index (χ4n) is 5.83. The van der Waals surface area contributed by atoms with Crippen molar-refractivity contribution in [1.82, 2.24) is 4.90 Å². The Bertz CT molecular complexity index is 1250. The number of fused-ring (bicyclic) bond motifs is 5. The summed E-state index contributed by atoms with van der Waals surface area (Å²) in [6, 6.07) is 23.3. The van der Waals surface area contributed by atoms with Crippen LogP contribution in [-0.4, -0.2) is 42.9 Å². The number of carbonyl (C=O) groups excluding carboxylic acids is 1. The highest BCUT2D eigenvalue weighted by Crippen LogP contribution is 2.44. The van der Waals surface area contributed by atoms with Gasteiger partial charge in [-0.15, -0.1) is 0 Å². The van der Waals surface area contributed by atoms with Gasteiger partial charge in [0.1, 0.15) is 6.61 Å². The van der Waals surface area contributed by atoms with Crippen LogP contribution in [0.25, 0.3) is 16.7 Å². The Labute approximate surface area is 200 Å². The zero-order chi connectivity index (χ0) is 23.2. The Kier molecular flexibility index (Phi) is 5.26. The van der Waals surface area contributed by atoms with Crippen LogP contribution in [0.2, 0.25) is 0 Å². The van der Waals surface area contributed by atoms with E-state index in [1.54, 1.807) is 0 Å². The van der Waals surface area contributed by atoms with Gasteiger partial charge in [-0.25, -0.2) is 4.79 Å². The Balaban J connectivity index is 1.23. The lowest BCUT2D eigenvalue weighted by molar-refractivity contribution is -0.0331. The summed E-state index contributed by atoms with van der Waals surface area (Å²) in [7, 11) is 0. The molecule has 1 amide bonds. The summed E-state index contributed by atoms with van der Waals surface area (Å²) in [5.41, 5.74) is 10.1. The molecular weight excluding hydrogens is 422 g/mol. The summed E-state index contributed by atoms with van der Waals surface area (Å²) < 4.78 is 11.8. The fourth-order valence-corrected chi connectivity index (χ4v) is 5.83. The van der Waals surface area contributed by atoms with E-state index in [-0.39, 0.29) is 24.1 Å². The van der Waals surface area contributed by atoms with Crippen molar-refractivity contribution >= 4 is 11.7 Å². The maximum Gasteiger partial charge on any atom is 0.410 e. The summed E-state index contributed by atoms with van der Waals surface area (Å²) in [6.07, 6.45) is 2.75. The fraction of sp³-hybridized carbons (Fsp3) is 0.300. The lowest BCUT2D eigenvalue weighted by atomic mass is 9.87. The predicted octanol–water partition coefficient (Wildman–Crippen LogP) is 6.11. The third-order valence-electron chi connectivity index (χ3n) is 7.48. The van der Waals surface area contributed by atoms with Gasteiger partial charge in [-0.3, -0.25) is 4.90 Å². The van der Waals surface area contributed by atoms with Crippen molar-refractivity contribution in [1.29, 1.82) is 0 Å². The molecule has 2 aliphatic heterocycles. The maximum absolute atomic E-state index is 13.4. The van der Waals surface area contributed by atoms with Gasteiger partial charge in [0, 0.05) is 5.92 Å². The number of carbonyl (C=O) groups is 1. The zero-order valence-electron chi connectivity index (χ0n) is 19.7. The molecule has 1 fully saturated rings. The van der Waals surface area contributed by atoms with Crippen molar-refractivity contribution in [2.75, 3.05) is 19.8 Å². The molecule has 3 aromatic rings. The molecule has 1 saturated heterocycles. The summed E-state index contributed by atoms with van der Waals surface area (Å²) in [4.78, 5) is 15.3. The Morgan fingerprint density at radius 1 is 0.941 bits per heavy atom. The minimum atomic E-state index is -0.239. The average molecular weight is 452 g/mol. The molecule has 2 heterocycles. The van der Waals surface area contributed by atoms with E-state index in [9.17, 15) is 4.79 Å². The Hall–Kier alpha value is -3.37. The largest absolute Gasteiger partial charge is 0.448 e. The van der Waals surface area contributed by atoms with E-state index in [1.165, 1.54) is 44.5 Å². The summed E-state index contributed by atoms with van der Waals surface area (Å²) in [5.74, 6) is 0.0678. The zero-order valence-corrected chi connectivity index (χ0v) is 19.7. The smallest absolute Gasteiger partial charge is 0.410 e. The van der Waals surface area contributed by atoms with Crippen molar-refractivity contribution in [3.63, 3.8) is 0 Å². The van der Waals surface area contributed by atoms with Crippen LogP contribution >= 0.6 is 0 Å². The lowest BCUT2D eigenvalue weighted by Gasteiger charge is -2.44. The Morgan fingerprint density at radius 3 is 2.35 bits per heavy atom. The van der Waals surface area contributed by atoms with Gasteiger partial charge >= 0.3 is 6.09 Å². The van der Waals surface area contributed by atoms with Gasteiger partial charge < -0.3 is 9.47 Å². The maximum atomic E-state index is 13.4. The first kappa shape index (κ1) is 21.2. The van der Waals surface area contributed by atoms with Gasteiger partial charge in [0.05, 0.1) is 25.3 Å². The minimum absolute atomic E-state index is 0.00527. The molecule has 0 aromatic heterocycles.